The molecule has 0 spiro atoms. The summed E-state index contributed by atoms with van der Waals surface area (Å²) in [5, 5.41) is 4.41. The number of nitrogens with one attached hydrogen (secondary N) is 1. The Labute approximate surface area is 183 Å². The van der Waals surface area contributed by atoms with Crippen molar-refractivity contribution in [3.8, 4) is 5.75 Å². The van der Waals surface area contributed by atoms with Crippen molar-refractivity contribution in [3.63, 3.8) is 0 Å². The van der Waals surface area contributed by atoms with Crippen LogP contribution in [0.25, 0.3) is 0 Å². The summed E-state index contributed by atoms with van der Waals surface area (Å²) in [6.07, 6.45) is 0. The second-order valence-corrected chi connectivity index (χ2v) is 8.33. The molecule has 27 heavy (non-hydrogen) atoms. The summed E-state index contributed by atoms with van der Waals surface area (Å²) < 4.78 is 20.5. The molecule has 0 heterocycles. The summed E-state index contributed by atoms with van der Waals surface area (Å²) in [5.74, 6) is 0.430. The van der Waals surface area contributed by atoms with Gasteiger partial charge in [-0.3, -0.25) is 0 Å². The van der Waals surface area contributed by atoms with Gasteiger partial charge in [0.05, 0.1) is 8.95 Å². The predicted molar refractivity (Wildman–Crippen MR) is 116 cm³/mol. The first-order valence-corrected chi connectivity index (χ1v) is 10.3. The van der Waals surface area contributed by atoms with Crippen LogP contribution in [0.2, 0.25) is 10.0 Å². The second-order valence-electron chi connectivity index (χ2n) is 5.77. The normalized spacial score (nSPS) is 10.7. The van der Waals surface area contributed by atoms with Gasteiger partial charge < -0.3 is 10.1 Å². The van der Waals surface area contributed by atoms with Crippen molar-refractivity contribution in [1.29, 1.82) is 0 Å². The van der Waals surface area contributed by atoms with Crippen molar-refractivity contribution < 1.29 is 9.13 Å². The molecule has 0 radical (unpaired) electrons. The molecule has 0 unspecified atom stereocenters. The van der Waals surface area contributed by atoms with E-state index in [0.29, 0.717) is 28.9 Å². The van der Waals surface area contributed by atoms with Gasteiger partial charge in [-0.25, -0.2) is 4.39 Å². The van der Waals surface area contributed by atoms with E-state index in [1.54, 1.807) is 24.3 Å². The predicted octanol–water partition coefficient (Wildman–Crippen LogP) is 7.85. The summed E-state index contributed by atoms with van der Waals surface area (Å²) in [4.78, 5) is 0. The Morgan fingerprint density at radius 3 is 2.22 bits per heavy atom. The van der Waals surface area contributed by atoms with Crippen LogP contribution in [0, 0.1) is 5.82 Å². The fourth-order valence-electron chi connectivity index (χ4n) is 2.41. The van der Waals surface area contributed by atoms with Crippen LogP contribution in [0.4, 0.5) is 10.1 Å². The Kier molecular flexibility index (Phi) is 7.04. The average Bonchev–Trinajstić information content (AvgIpc) is 2.62. The summed E-state index contributed by atoms with van der Waals surface area (Å²) in [5.41, 5.74) is 2.73. The Morgan fingerprint density at radius 2 is 1.59 bits per heavy atom. The van der Waals surface area contributed by atoms with Crippen molar-refractivity contribution in [2.45, 2.75) is 13.2 Å². The lowest BCUT2D eigenvalue weighted by molar-refractivity contribution is 0.302. The fraction of sp³-hybridized carbons (Fsp3) is 0.100. The molecule has 3 aromatic carbocycles. The third-order valence-corrected chi connectivity index (χ3v) is 5.55. The third-order valence-electron chi connectivity index (χ3n) is 3.79. The van der Waals surface area contributed by atoms with Gasteiger partial charge in [0.1, 0.15) is 18.2 Å². The summed E-state index contributed by atoms with van der Waals surface area (Å²) in [7, 11) is 0. The molecular formula is C20H14Br2Cl2FNO. The monoisotopic (exact) mass is 531 g/mol. The quantitative estimate of drug-likeness (QED) is 0.348. The van der Waals surface area contributed by atoms with Gasteiger partial charge in [0.25, 0.3) is 0 Å². The number of hydrogen-bond acceptors (Lipinski definition) is 2. The molecule has 0 aromatic heterocycles. The maximum Gasteiger partial charge on any atom is 0.148 e. The molecule has 140 valence electrons. The number of halogens is 5. The molecule has 0 atom stereocenters. The Balaban J connectivity index is 1.67. The van der Waals surface area contributed by atoms with E-state index in [-0.39, 0.29) is 5.82 Å². The molecule has 0 saturated carbocycles. The standard InChI is InChI=1S/C20H14Br2Cl2FNO/c21-17-7-12(10-26-16-5-3-15(25)4-6-16)8-18(22)20(17)27-11-13-1-2-14(23)9-19(13)24/h1-9,26H,10-11H2. The van der Waals surface area contributed by atoms with Gasteiger partial charge in [0.2, 0.25) is 0 Å². The first-order chi connectivity index (χ1) is 12.9. The van der Waals surface area contributed by atoms with Crippen LogP contribution in [0.5, 0.6) is 5.75 Å². The third kappa shape index (κ3) is 5.61. The molecule has 0 aliphatic carbocycles. The van der Waals surface area contributed by atoms with Gasteiger partial charge in [0.15, 0.2) is 0 Å². The lowest BCUT2D eigenvalue weighted by Gasteiger charge is -2.14. The van der Waals surface area contributed by atoms with E-state index in [4.69, 9.17) is 27.9 Å². The largest absolute Gasteiger partial charge is 0.486 e. The molecule has 0 aliphatic heterocycles. The minimum absolute atomic E-state index is 0.256. The highest BCUT2D eigenvalue weighted by molar-refractivity contribution is 9.11. The first kappa shape index (κ1) is 20.5. The van der Waals surface area contributed by atoms with Crippen LogP contribution in [0.3, 0.4) is 0 Å². The Bertz CT molecular complexity index is 928. The van der Waals surface area contributed by atoms with Gasteiger partial charge in [-0.2, -0.15) is 0 Å². The van der Waals surface area contributed by atoms with E-state index in [1.165, 1.54) is 12.1 Å². The molecular weight excluding hydrogens is 520 g/mol. The highest BCUT2D eigenvalue weighted by atomic mass is 79.9. The first-order valence-electron chi connectivity index (χ1n) is 7.96. The van der Waals surface area contributed by atoms with Crippen LogP contribution < -0.4 is 10.1 Å². The van der Waals surface area contributed by atoms with Crippen molar-refractivity contribution in [1.82, 2.24) is 0 Å². The molecule has 0 amide bonds. The Morgan fingerprint density at radius 1 is 0.926 bits per heavy atom. The minimum atomic E-state index is -0.256. The van der Waals surface area contributed by atoms with Crippen LogP contribution in [-0.4, -0.2) is 0 Å². The summed E-state index contributed by atoms with van der Waals surface area (Å²) in [6, 6.07) is 15.5. The maximum absolute atomic E-state index is 13.0. The fourth-order valence-corrected chi connectivity index (χ4v) is 4.39. The van der Waals surface area contributed by atoms with E-state index >= 15 is 0 Å². The van der Waals surface area contributed by atoms with Crippen LogP contribution >= 0.6 is 55.1 Å². The van der Waals surface area contributed by atoms with Crippen LogP contribution in [0.15, 0.2) is 63.5 Å². The van der Waals surface area contributed by atoms with E-state index < -0.39 is 0 Å². The topological polar surface area (TPSA) is 21.3 Å². The van der Waals surface area contributed by atoms with E-state index in [9.17, 15) is 4.39 Å². The summed E-state index contributed by atoms with van der Waals surface area (Å²) in [6.45, 7) is 0.909. The molecule has 0 aliphatic rings. The lowest BCUT2D eigenvalue weighted by Crippen LogP contribution is -2.02. The molecule has 2 nitrogen and oxygen atoms in total. The number of ether oxygens (including phenoxy) is 1. The minimum Gasteiger partial charge on any atom is -0.486 e. The molecule has 0 fully saturated rings. The molecule has 3 rings (SSSR count). The molecule has 7 heteroatoms. The van der Waals surface area contributed by atoms with E-state index in [1.807, 2.05) is 18.2 Å². The van der Waals surface area contributed by atoms with E-state index in [0.717, 1.165) is 25.8 Å². The van der Waals surface area contributed by atoms with Gasteiger partial charge in [0, 0.05) is 27.8 Å². The average molecular weight is 534 g/mol. The van der Waals surface area contributed by atoms with E-state index in [2.05, 4.69) is 37.2 Å². The van der Waals surface area contributed by atoms with Crippen molar-refractivity contribution >= 4 is 60.7 Å². The number of rotatable bonds is 6. The zero-order valence-electron chi connectivity index (χ0n) is 13.9. The molecule has 3 aromatic rings. The van der Waals surface area contributed by atoms with Crippen LogP contribution in [-0.2, 0) is 13.2 Å². The molecule has 1 N–H and O–H groups in total. The highest BCUT2D eigenvalue weighted by Gasteiger charge is 2.11. The number of hydrogen-bond donors (Lipinski definition) is 1. The van der Waals surface area contributed by atoms with Gasteiger partial charge in [-0.1, -0.05) is 29.3 Å². The van der Waals surface area contributed by atoms with Gasteiger partial charge in [-0.05, 0) is 86.0 Å². The number of benzene rings is 3. The SMILES string of the molecule is Fc1ccc(NCc2cc(Br)c(OCc3ccc(Cl)cc3Cl)c(Br)c2)cc1. The second kappa shape index (κ2) is 9.28. The number of anilines is 1. The highest BCUT2D eigenvalue weighted by Crippen LogP contribution is 2.36. The zero-order valence-corrected chi connectivity index (χ0v) is 18.6. The Hall–Kier alpha value is -1.27. The maximum atomic E-state index is 13.0. The summed E-state index contributed by atoms with van der Waals surface area (Å²) >= 11 is 19.2. The van der Waals surface area contributed by atoms with Gasteiger partial charge in [-0.15, -0.1) is 0 Å². The van der Waals surface area contributed by atoms with Crippen molar-refractivity contribution in [3.05, 3.63) is 90.5 Å². The molecule has 0 saturated heterocycles. The van der Waals surface area contributed by atoms with Gasteiger partial charge >= 0.3 is 0 Å². The lowest BCUT2D eigenvalue weighted by atomic mass is 10.2. The van der Waals surface area contributed by atoms with Crippen LogP contribution in [0.1, 0.15) is 11.1 Å². The molecule has 0 bridgehead atoms. The van der Waals surface area contributed by atoms with Crippen molar-refractivity contribution in [2.75, 3.05) is 5.32 Å². The smallest absolute Gasteiger partial charge is 0.148 e. The van der Waals surface area contributed by atoms with Crippen molar-refractivity contribution in [2.24, 2.45) is 0 Å². The zero-order chi connectivity index (χ0) is 19.4.